The smallest absolute Gasteiger partial charge is 0.336 e. The van der Waals surface area contributed by atoms with Crippen LogP contribution in [0.2, 0.25) is 0 Å². The Morgan fingerprint density at radius 3 is 2.39 bits per heavy atom. The molecule has 1 aliphatic carbocycles. The Hall–Kier alpha value is -1.83. The first-order valence-electron chi connectivity index (χ1n) is 6.53. The molecule has 1 aliphatic rings. The van der Waals surface area contributed by atoms with Gasteiger partial charge in [-0.3, -0.25) is 0 Å². The van der Waals surface area contributed by atoms with Gasteiger partial charge in [0.2, 0.25) is 0 Å². The Morgan fingerprint density at radius 2 is 1.67 bits per heavy atom. The average Bonchev–Trinajstić information content (AvgIpc) is 2.93. The topological polar surface area (TPSA) is 30.2 Å². The van der Waals surface area contributed by atoms with Crippen LogP contribution in [0.15, 0.2) is 51.7 Å². The lowest BCUT2D eigenvalue weighted by Gasteiger charge is -2.09. The fraction of sp³-hybridized carbons (Fsp3) is 0.312. The average molecular weight is 240 g/mol. The van der Waals surface area contributed by atoms with Crippen LogP contribution in [0.3, 0.4) is 0 Å². The van der Waals surface area contributed by atoms with Gasteiger partial charge in [0.1, 0.15) is 5.76 Å². The largest absolute Gasteiger partial charge is 0.428 e. The minimum atomic E-state index is -0.238. The molecule has 18 heavy (non-hydrogen) atoms. The maximum absolute atomic E-state index is 11.7. The number of rotatable bonds is 2. The van der Waals surface area contributed by atoms with E-state index in [4.69, 9.17) is 4.42 Å². The first kappa shape index (κ1) is 11.3. The van der Waals surface area contributed by atoms with E-state index in [1.807, 2.05) is 36.4 Å². The molecule has 1 heterocycles. The van der Waals surface area contributed by atoms with E-state index in [0.29, 0.717) is 5.92 Å². The summed E-state index contributed by atoms with van der Waals surface area (Å²) in [6.45, 7) is 0. The van der Waals surface area contributed by atoms with Crippen LogP contribution in [0.1, 0.15) is 37.4 Å². The van der Waals surface area contributed by atoms with Gasteiger partial charge in [-0.2, -0.15) is 0 Å². The van der Waals surface area contributed by atoms with Crippen molar-refractivity contribution >= 4 is 0 Å². The highest BCUT2D eigenvalue weighted by Gasteiger charge is 2.20. The van der Waals surface area contributed by atoms with E-state index < -0.39 is 0 Å². The van der Waals surface area contributed by atoms with E-state index in [1.54, 1.807) is 6.07 Å². The molecule has 1 saturated carbocycles. The Balaban J connectivity index is 2.03. The third-order valence-electron chi connectivity index (χ3n) is 3.65. The van der Waals surface area contributed by atoms with Crippen LogP contribution in [0, 0.1) is 0 Å². The fourth-order valence-electron chi connectivity index (χ4n) is 2.71. The second-order valence-electron chi connectivity index (χ2n) is 4.91. The molecule has 0 atom stereocenters. The van der Waals surface area contributed by atoms with Crippen molar-refractivity contribution in [3.63, 3.8) is 0 Å². The van der Waals surface area contributed by atoms with Crippen molar-refractivity contribution in [3.8, 4) is 11.1 Å². The van der Waals surface area contributed by atoms with Crippen molar-refractivity contribution in [1.82, 2.24) is 0 Å². The maximum atomic E-state index is 11.7. The van der Waals surface area contributed by atoms with Crippen molar-refractivity contribution in [1.29, 1.82) is 0 Å². The summed E-state index contributed by atoms with van der Waals surface area (Å²) in [7, 11) is 0. The molecule has 0 saturated heterocycles. The van der Waals surface area contributed by atoms with Gasteiger partial charge in [0, 0.05) is 12.0 Å². The quantitative estimate of drug-likeness (QED) is 0.795. The van der Waals surface area contributed by atoms with Gasteiger partial charge in [0.15, 0.2) is 0 Å². The van der Waals surface area contributed by atoms with Gasteiger partial charge in [-0.05, 0) is 30.0 Å². The van der Waals surface area contributed by atoms with Crippen LogP contribution >= 0.6 is 0 Å². The second kappa shape index (κ2) is 4.81. The molecule has 1 aromatic heterocycles. The monoisotopic (exact) mass is 240 g/mol. The lowest BCUT2D eigenvalue weighted by atomic mass is 10.0. The van der Waals surface area contributed by atoms with Crippen molar-refractivity contribution in [2.45, 2.75) is 31.6 Å². The van der Waals surface area contributed by atoms with Gasteiger partial charge >= 0.3 is 5.63 Å². The molecule has 0 radical (unpaired) electrons. The zero-order valence-electron chi connectivity index (χ0n) is 10.3. The molecule has 0 aliphatic heterocycles. The molecular weight excluding hydrogens is 224 g/mol. The molecule has 0 unspecified atom stereocenters. The molecule has 0 bridgehead atoms. The standard InChI is InChI=1S/C16H16O2/c17-16-11-14(12-6-2-1-3-7-12)10-15(18-16)13-8-4-5-9-13/h1-3,6-7,10-11,13H,4-5,8-9H2. The number of benzene rings is 1. The first-order valence-corrected chi connectivity index (χ1v) is 6.53. The zero-order valence-corrected chi connectivity index (χ0v) is 10.3. The van der Waals surface area contributed by atoms with Gasteiger partial charge in [0.05, 0.1) is 0 Å². The predicted molar refractivity (Wildman–Crippen MR) is 71.6 cm³/mol. The van der Waals surface area contributed by atoms with Crippen molar-refractivity contribution < 1.29 is 4.42 Å². The van der Waals surface area contributed by atoms with Gasteiger partial charge in [0.25, 0.3) is 0 Å². The summed E-state index contributed by atoms with van der Waals surface area (Å²) < 4.78 is 5.37. The summed E-state index contributed by atoms with van der Waals surface area (Å²) in [6.07, 6.45) is 4.76. The fourth-order valence-corrected chi connectivity index (χ4v) is 2.71. The van der Waals surface area contributed by atoms with Crippen LogP contribution in [0.25, 0.3) is 11.1 Å². The number of hydrogen-bond acceptors (Lipinski definition) is 2. The second-order valence-corrected chi connectivity index (χ2v) is 4.91. The number of hydrogen-bond donors (Lipinski definition) is 0. The maximum Gasteiger partial charge on any atom is 0.336 e. The summed E-state index contributed by atoms with van der Waals surface area (Å²) in [5, 5.41) is 0. The molecule has 2 nitrogen and oxygen atoms in total. The van der Waals surface area contributed by atoms with E-state index in [9.17, 15) is 4.79 Å². The Bertz CT molecular complexity index is 578. The minimum Gasteiger partial charge on any atom is -0.428 e. The van der Waals surface area contributed by atoms with Crippen molar-refractivity contribution in [2.75, 3.05) is 0 Å². The lowest BCUT2D eigenvalue weighted by Crippen LogP contribution is -2.03. The lowest BCUT2D eigenvalue weighted by molar-refractivity contribution is 0.424. The third kappa shape index (κ3) is 2.23. The van der Waals surface area contributed by atoms with E-state index >= 15 is 0 Å². The Kier molecular flexibility index (Phi) is 3.01. The van der Waals surface area contributed by atoms with E-state index in [1.165, 1.54) is 12.8 Å². The van der Waals surface area contributed by atoms with Crippen molar-refractivity contribution in [2.24, 2.45) is 0 Å². The van der Waals surface area contributed by atoms with Crippen LogP contribution in [0.4, 0.5) is 0 Å². The van der Waals surface area contributed by atoms with Gasteiger partial charge in [-0.15, -0.1) is 0 Å². The summed E-state index contributed by atoms with van der Waals surface area (Å²) >= 11 is 0. The summed E-state index contributed by atoms with van der Waals surface area (Å²) in [4.78, 5) is 11.7. The summed E-state index contributed by atoms with van der Waals surface area (Å²) in [5.74, 6) is 1.29. The highest BCUT2D eigenvalue weighted by atomic mass is 16.4. The summed E-state index contributed by atoms with van der Waals surface area (Å²) in [6, 6.07) is 13.6. The molecule has 0 amide bonds. The minimum absolute atomic E-state index is 0.238. The predicted octanol–water partition coefficient (Wildman–Crippen LogP) is 3.96. The molecule has 92 valence electrons. The Labute approximate surface area is 106 Å². The van der Waals surface area contributed by atoms with Crippen LogP contribution in [-0.4, -0.2) is 0 Å². The van der Waals surface area contributed by atoms with E-state index in [2.05, 4.69) is 0 Å². The molecule has 0 spiro atoms. The normalized spacial score (nSPS) is 16.0. The molecule has 2 heteroatoms. The zero-order chi connectivity index (χ0) is 12.4. The van der Waals surface area contributed by atoms with Gasteiger partial charge in [-0.25, -0.2) is 4.79 Å². The third-order valence-corrected chi connectivity index (χ3v) is 3.65. The van der Waals surface area contributed by atoms with Crippen LogP contribution in [0.5, 0.6) is 0 Å². The molecule has 3 rings (SSSR count). The highest BCUT2D eigenvalue weighted by Crippen LogP contribution is 2.34. The van der Waals surface area contributed by atoms with Gasteiger partial charge in [-0.1, -0.05) is 43.2 Å². The molecule has 1 aromatic carbocycles. The van der Waals surface area contributed by atoms with Crippen LogP contribution in [-0.2, 0) is 0 Å². The van der Waals surface area contributed by atoms with E-state index in [-0.39, 0.29) is 5.63 Å². The van der Waals surface area contributed by atoms with E-state index in [0.717, 1.165) is 29.7 Å². The molecule has 0 N–H and O–H groups in total. The summed E-state index contributed by atoms with van der Waals surface area (Å²) in [5.41, 5.74) is 1.80. The first-order chi connectivity index (χ1) is 8.83. The highest BCUT2D eigenvalue weighted by molar-refractivity contribution is 5.62. The molecule has 1 fully saturated rings. The van der Waals surface area contributed by atoms with Gasteiger partial charge < -0.3 is 4.42 Å². The van der Waals surface area contributed by atoms with Crippen LogP contribution < -0.4 is 5.63 Å². The van der Waals surface area contributed by atoms with Crippen molar-refractivity contribution in [3.05, 3.63) is 58.6 Å². The molecular formula is C16H16O2. The molecule has 2 aromatic rings. The SMILES string of the molecule is O=c1cc(-c2ccccc2)cc(C2CCCC2)o1. The Morgan fingerprint density at radius 1 is 0.944 bits per heavy atom.